The maximum absolute atomic E-state index is 13.2. The van der Waals surface area contributed by atoms with E-state index in [1.807, 2.05) is 0 Å². The fraction of sp³-hybridized carbons (Fsp3) is 0. The van der Waals surface area contributed by atoms with Gasteiger partial charge in [-0.1, -0.05) is 5.92 Å². The molecule has 0 fully saturated rings. The van der Waals surface area contributed by atoms with E-state index in [1.54, 1.807) is 6.07 Å². The van der Waals surface area contributed by atoms with E-state index < -0.39 is 11.6 Å². The molecule has 0 spiro atoms. The van der Waals surface area contributed by atoms with E-state index in [4.69, 9.17) is 5.73 Å². The topological polar surface area (TPSA) is 51.8 Å². The smallest absolute Gasteiger partial charge is 0.146 e. The average Bonchev–Trinajstić information content (AvgIpc) is 2.30. The molecule has 2 N–H and O–H groups in total. The minimum atomic E-state index is -0.707. The van der Waals surface area contributed by atoms with E-state index in [2.05, 4.69) is 22.0 Å². The van der Waals surface area contributed by atoms with Gasteiger partial charge in [0.2, 0.25) is 0 Å². The Kier molecular flexibility index (Phi) is 2.97. The van der Waals surface area contributed by atoms with Crippen molar-refractivity contribution in [2.75, 3.05) is 5.73 Å². The molecule has 5 heteroatoms. The van der Waals surface area contributed by atoms with Gasteiger partial charge < -0.3 is 5.73 Å². The maximum Gasteiger partial charge on any atom is 0.146 e. The number of rotatable bonds is 0. The third-order valence-electron chi connectivity index (χ3n) is 1.94. The number of benzene rings is 1. The Morgan fingerprint density at radius 3 is 2.47 bits per heavy atom. The molecular formula is C12H7F2N3. The standard InChI is InChI=1S/C12H7F2N3/c13-9-3-1-8(11(14)7-9)2-4-10-5-6-12(15)17-16-10/h1,3,5-7H,(H2,15,17). The van der Waals surface area contributed by atoms with Crippen LogP contribution >= 0.6 is 0 Å². The second-order valence-electron chi connectivity index (χ2n) is 3.22. The molecule has 0 aliphatic carbocycles. The summed E-state index contributed by atoms with van der Waals surface area (Å²) in [5.41, 5.74) is 5.82. The second-order valence-corrected chi connectivity index (χ2v) is 3.22. The van der Waals surface area contributed by atoms with Crippen molar-refractivity contribution in [1.29, 1.82) is 0 Å². The lowest BCUT2D eigenvalue weighted by molar-refractivity contribution is 0.581. The first-order chi connectivity index (χ1) is 8.15. The molecule has 1 heterocycles. The number of hydrogen-bond acceptors (Lipinski definition) is 3. The Morgan fingerprint density at radius 1 is 1.00 bits per heavy atom. The van der Waals surface area contributed by atoms with Crippen molar-refractivity contribution in [3.8, 4) is 11.8 Å². The Hall–Kier alpha value is -2.48. The summed E-state index contributed by atoms with van der Waals surface area (Å²) < 4.78 is 25.8. The molecule has 0 aliphatic rings. The summed E-state index contributed by atoms with van der Waals surface area (Å²) in [5.74, 6) is 4.08. The average molecular weight is 231 g/mol. The molecule has 1 aromatic heterocycles. The Bertz CT molecular complexity index is 597. The summed E-state index contributed by atoms with van der Waals surface area (Å²) in [5, 5.41) is 7.29. The van der Waals surface area contributed by atoms with E-state index in [9.17, 15) is 8.78 Å². The Labute approximate surface area is 96.3 Å². The van der Waals surface area contributed by atoms with E-state index in [-0.39, 0.29) is 11.4 Å². The van der Waals surface area contributed by atoms with Gasteiger partial charge in [-0.05, 0) is 30.2 Å². The van der Waals surface area contributed by atoms with Crippen LogP contribution in [0, 0.1) is 23.5 Å². The van der Waals surface area contributed by atoms with Gasteiger partial charge in [0, 0.05) is 6.07 Å². The predicted octanol–water partition coefficient (Wildman–Crippen LogP) is 1.74. The van der Waals surface area contributed by atoms with E-state index in [0.717, 1.165) is 12.1 Å². The zero-order chi connectivity index (χ0) is 12.3. The summed E-state index contributed by atoms with van der Waals surface area (Å²) in [6, 6.07) is 6.29. The van der Waals surface area contributed by atoms with Crippen LogP contribution < -0.4 is 5.73 Å². The van der Waals surface area contributed by atoms with Crippen LogP contribution in [0.1, 0.15) is 11.3 Å². The van der Waals surface area contributed by atoms with Gasteiger partial charge >= 0.3 is 0 Å². The number of hydrogen-bond donors (Lipinski definition) is 1. The van der Waals surface area contributed by atoms with E-state index >= 15 is 0 Å². The largest absolute Gasteiger partial charge is 0.382 e. The monoisotopic (exact) mass is 231 g/mol. The molecule has 2 rings (SSSR count). The summed E-state index contributed by atoms with van der Waals surface area (Å²) >= 11 is 0. The van der Waals surface area contributed by atoms with Gasteiger partial charge in [-0.3, -0.25) is 0 Å². The number of nitrogen functional groups attached to an aromatic ring is 1. The van der Waals surface area contributed by atoms with Crippen molar-refractivity contribution in [2.45, 2.75) is 0 Å². The van der Waals surface area contributed by atoms with Crippen LogP contribution in [0.3, 0.4) is 0 Å². The molecule has 0 radical (unpaired) electrons. The fourth-order valence-electron chi connectivity index (χ4n) is 1.13. The molecule has 1 aromatic carbocycles. The van der Waals surface area contributed by atoms with Crippen molar-refractivity contribution < 1.29 is 8.78 Å². The van der Waals surface area contributed by atoms with Gasteiger partial charge in [0.05, 0.1) is 5.56 Å². The normalized spacial score (nSPS) is 9.53. The van der Waals surface area contributed by atoms with Crippen LogP contribution in [0.4, 0.5) is 14.6 Å². The van der Waals surface area contributed by atoms with Crippen LogP contribution in [-0.2, 0) is 0 Å². The molecule has 0 unspecified atom stereocenters. The zero-order valence-corrected chi connectivity index (χ0v) is 8.61. The lowest BCUT2D eigenvalue weighted by Gasteiger charge is -1.93. The SMILES string of the molecule is Nc1ccc(C#Cc2ccc(F)cc2F)nn1. The molecular weight excluding hydrogens is 224 g/mol. The molecule has 0 atom stereocenters. The van der Waals surface area contributed by atoms with Crippen LogP contribution in [0.5, 0.6) is 0 Å². The summed E-state index contributed by atoms with van der Waals surface area (Å²) in [6.45, 7) is 0. The van der Waals surface area contributed by atoms with Gasteiger partial charge in [0.25, 0.3) is 0 Å². The highest BCUT2D eigenvalue weighted by Gasteiger charge is 2.00. The molecule has 0 saturated heterocycles. The van der Waals surface area contributed by atoms with Crippen molar-refractivity contribution in [3.63, 3.8) is 0 Å². The van der Waals surface area contributed by atoms with Crippen molar-refractivity contribution >= 4 is 5.82 Å². The van der Waals surface area contributed by atoms with E-state index in [1.165, 1.54) is 12.1 Å². The second kappa shape index (κ2) is 4.58. The predicted molar refractivity (Wildman–Crippen MR) is 58.8 cm³/mol. The quantitative estimate of drug-likeness (QED) is 0.702. The van der Waals surface area contributed by atoms with Crippen LogP contribution in [-0.4, -0.2) is 10.2 Å². The molecule has 3 nitrogen and oxygen atoms in total. The molecule has 17 heavy (non-hydrogen) atoms. The number of anilines is 1. The van der Waals surface area contributed by atoms with Crippen LogP contribution in [0.25, 0.3) is 0 Å². The zero-order valence-electron chi connectivity index (χ0n) is 8.61. The highest BCUT2D eigenvalue weighted by molar-refractivity contribution is 5.41. The lowest BCUT2D eigenvalue weighted by Crippen LogP contribution is -1.93. The van der Waals surface area contributed by atoms with Crippen molar-refractivity contribution in [2.24, 2.45) is 0 Å². The van der Waals surface area contributed by atoms with Gasteiger partial charge in [-0.25, -0.2) is 8.78 Å². The van der Waals surface area contributed by atoms with Gasteiger partial charge in [0.1, 0.15) is 23.1 Å². The summed E-state index contributed by atoms with van der Waals surface area (Å²) in [4.78, 5) is 0. The van der Waals surface area contributed by atoms with Gasteiger partial charge in [-0.15, -0.1) is 10.2 Å². The van der Waals surface area contributed by atoms with E-state index in [0.29, 0.717) is 5.69 Å². The third-order valence-corrected chi connectivity index (χ3v) is 1.94. The highest BCUT2D eigenvalue weighted by atomic mass is 19.1. The van der Waals surface area contributed by atoms with Gasteiger partial charge in [0.15, 0.2) is 0 Å². The Morgan fingerprint density at radius 2 is 1.82 bits per heavy atom. The summed E-state index contributed by atoms with van der Waals surface area (Å²) in [7, 11) is 0. The minimum Gasteiger partial charge on any atom is -0.382 e. The number of nitrogens with zero attached hydrogens (tertiary/aromatic N) is 2. The number of halogens is 2. The van der Waals surface area contributed by atoms with Gasteiger partial charge in [-0.2, -0.15) is 0 Å². The maximum atomic E-state index is 13.2. The molecule has 2 aromatic rings. The number of aromatic nitrogens is 2. The van der Waals surface area contributed by atoms with Crippen molar-refractivity contribution in [1.82, 2.24) is 10.2 Å². The summed E-state index contributed by atoms with van der Waals surface area (Å²) in [6.07, 6.45) is 0. The fourth-order valence-corrected chi connectivity index (χ4v) is 1.13. The van der Waals surface area contributed by atoms with Crippen LogP contribution in [0.2, 0.25) is 0 Å². The molecule has 84 valence electrons. The molecule has 0 bridgehead atoms. The minimum absolute atomic E-state index is 0.102. The molecule has 0 saturated carbocycles. The molecule has 0 amide bonds. The lowest BCUT2D eigenvalue weighted by atomic mass is 10.2. The first-order valence-electron chi connectivity index (χ1n) is 4.71. The van der Waals surface area contributed by atoms with Crippen LogP contribution in [0.15, 0.2) is 30.3 Å². The van der Waals surface area contributed by atoms with Crippen molar-refractivity contribution in [3.05, 3.63) is 53.2 Å². The first-order valence-corrected chi connectivity index (χ1v) is 4.71. The number of nitrogens with two attached hydrogens (primary N) is 1. The molecule has 0 aliphatic heterocycles. The first kappa shape index (κ1) is 11.0. The highest BCUT2D eigenvalue weighted by Crippen LogP contribution is 2.08. The Balaban J connectivity index is 2.29. The third kappa shape index (κ3) is 2.75.